The van der Waals surface area contributed by atoms with E-state index >= 15 is 0 Å². The number of carbonyl (C=O) groups excluding carboxylic acids is 1. The summed E-state index contributed by atoms with van der Waals surface area (Å²) >= 11 is 0. The average molecular weight is 319 g/mol. The van der Waals surface area contributed by atoms with Crippen LogP contribution in [0.15, 0.2) is 0 Å². The van der Waals surface area contributed by atoms with Crippen LogP contribution in [0.5, 0.6) is 0 Å². The molecule has 22 heavy (non-hydrogen) atoms. The smallest absolute Gasteiger partial charge is 0.216 e. The highest BCUT2D eigenvalue weighted by Gasteiger charge is 2.20. The summed E-state index contributed by atoms with van der Waals surface area (Å²) in [5, 5.41) is 2.81. The molecule has 0 unspecified atom stereocenters. The molecule has 0 saturated carbocycles. The van der Waals surface area contributed by atoms with Gasteiger partial charge in [0.15, 0.2) is 0 Å². The van der Waals surface area contributed by atoms with Gasteiger partial charge in [0.1, 0.15) is 0 Å². The van der Waals surface area contributed by atoms with Gasteiger partial charge in [-0.25, -0.2) is 0 Å². The molecule has 0 spiro atoms. The van der Waals surface area contributed by atoms with Gasteiger partial charge >= 0.3 is 0 Å². The summed E-state index contributed by atoms with van der Waals surface area (Å²) in [7, 11) is 0. The summed E-state index contributed by atoms with van der Waals surface area (Å²) in [6.45, 7) is 15.8. The fourth-order valence-corrected chi connectivity index (χ4v) is 2.25. The van der Waals surface area contributed by atoms with Crippen LogP contribution in [-0.4, -0.2) is 62.9 Å². The van der Waals surface area contributed by atoms with Crippen LogP contribution in [0.2, 0.25) is 0 Å². The number of carbonyl (C=O) groups is 1. The van der Waals surface area contributed by atoms with Crippen molar-refractivity contribution < 1.29 is 15.7 Å². The summed E-state index contributed by atoms with van der Waals surface area (Å²) in [5.41, 5.74) is 0. The fourth-order valence-electron chi connectivity index (χ4n) is 2.25. The van der Waals surface area contributed by atoms with E-state index in [1.54, 1.807) is 0 Å². The second-order valence-corrected chi connectivity index (χ2v) is 5.88. The Morgan fingerprint density at radius 3 is 2.77 bits per heavy atom. The van der Waals surface area contributed by atoms with Crippen LogP contribution in [-0.2, 0) is 14.3 Å². The van der Waals surface area contributed by atoms with Crippen LogP contribution < -0.4 is 5.32 Å². The first-order valence-corrected chi connectivity index (χ1v) is 8.74. The Bertz CT molecular complexity index is 279. The number of morpholine rings is 1. The topological polar surface area (TPSA) is 50.8 Å². The number of rotatable bonds is 9. The van der Waals surface area contributed by atoms with Gasteiger partial charge < -0.3 is 14.8 Å². The molecule has 0 aliphatic carbocycles. The van der Waals surface area contributed by atoms with E-state index in [0.29, 0.717) is 6.54 Å². The third-order valence-corrected chi connectivity index (χ3v) is 3.42. The summed E-state index contributed by atoms with van der Waals surface area (Å²) in [6.07, 6.45) is 2.48. The van der Waals surface area contributed by atoms with E-state index < -0.39 is 0 Å². The maximum atomic E-state index is 10.9. The van der Waals surface area contributed by atoms with Gasteiger partial charge in [-0.15, -0.1) is 0 Å². The van der Waals surface area contributed by atoms with Crippen molar-refractivity contribution in [2.75, 3.05) is 46.0 Å². The van der Waals surface area contributed by atoms with E-state index in [2.05, 4.69) is 24.1 Å². The zero-order valence-electron chi connectivity index (χ0n) is 15.2. The molecule has 0 aromatic carbocycles. The van der Waals surface area contributed by atoms with Crippen LogP contribution >= 0.6 is 0 Å². The van der Waals surface area contributed by atoms with Gasteiger partial charge in [0, 0.05) is 41.1 Å². The van der Waals surface area contributed by atoms with Crippen molar-refractivity contribution >= 4 is 5.91 Å². The van der Waals surface area contributed by atoms with Crippen molar-refractivity contribution in [2.45, 2.75) is 53.6 Å². The fraction of sp³-hybridized carbons (Fsp3) is 0.941. The lowest BCUT2D eigenvalue weighted by atomic mass is 10.1. The Morgan fingerprint density at radius 1 is 1.41 bits per heavy atom. The maximum Gasteiger partial charge on any atom is 0.216 e. The molecule has 5 heteroatoms. The van der Waals surface area contributed by atoms with E-state index in [4.69, 9.17) is 9.47 Å². The van der Waals surface area contributed by atoms with Crippen LogP contribution in [0.25, 0.3) is 0 Å². The monoisotopic (exact) mass is 318 g/mol. The molecule has 1 saturated heterocycles. The van der Waals surface area contributed by atoms with Crippen molar-refractivity contribution in [3.8, 4) is 0 Å². The Balaban J connectivity index is 0. The molecule has 1 rings (SSSR count). The average Bonchev–Trinajstić information content (AvgIpc) is 2.51. The molecule has 0 bridgehead atoms. The molecule has 0 aromatic rings. The first-order chi connectivity index (χ1) is 10.6. The lowest BCUT2D eigenvalue weighted by Crippen LogP contribution is -2.48. The minimum absolute atomic E-state index is 0. The Morgan fingerprint density at radius 2 is 2.14 bits per heavy atom. The van der Waals surface area contributed by atoms with Gasteiger partial charge in [-0.05, 0) is 18.8 Å². The van der Waals surface area contributed by atoms with Crippen LogP contribution in [0, 0.1) is 5.92 Å². The van der Waals surface area contributed by atoms with Gasteiger partial charge in [0.05, 0.1) is 19.3 Å². The van der Waals surface area contributed by atoms with Gasteiger partial charge in [-0.3, -0.25) is 9.69 Å². The molecule has 1 aliphatic rings. The zero-order valence-corrected chi connectivity index (χ0v) is 15.2. The SMILES string of the molecule is CC.CC(=O)NC[C@@H]1CN(CCOCCCC(C)C)CCO1.[HH]. The summed E-state index contributed by atoms with van der Waals surface area (Å²) < 4.78 is 11.3. The van der Waals surface area contributed by atoms with E-state index in [9.17, 15) is 4.79 Å². The number of amides is 1. The van der Waals surface area contributed by atoms with Gasteiger partial charge in [0.2, 0.25) is 5.91 Å². The highest BCUT2D eigenvalue weighted by atomic mass is 16.5. The quantitative estimate of drug-likeness (QED) is 0.664. The van der Waals surface area contributed by atoms with Crippen LogP contribution in [0.4, 0.5) is 0 Å². The largest absolute Gasteiger partial charge is 0.380 e. The minimum atomic E-state index is -0.000732. The van der Waals surface area contributed by atoms with Gasteiger partial charge in [-0.1, -0.05) is 27.7 Å². The predicted molar refractivity (Wildman–Crippen MR) is 93.2 cm³/mol. The van der Waals surface area contributed by atoms with Crippen LogP contribution in [0.1, 0.15) is 48.9 Å². The molecule has 0 aromatic heterocycles. The number of nitrogens with one attached hydrogen (secondary N) is 1. The number of hydrogen-bond acceptors (Lipinski definition) is 4. The number of ether oxygens (including phenoxy) is 2. The normalized spacial score (nSPS) is 18.7. The van der Waals surface area contributed by atoms with Crippen molar-refractivity contribution in [3.05, 3.63) is 0 Å². The molecule has 1 aliphatic heterocycles. The lowest BCUT2D eigenvalue weighted by Gasteiger charge is -2.32. The van der Waals surface area contributed by atoms with E-state index in [0.717, 1.165) is 51.8 Å². The Hall–Kier alpha value is -0.650. The van der Waals surface area contributed by atoms with E-state index in [1.165, 1.54) is 13.3 Å². The second-order valence-electron chi connectivity index (χ2n) is 5.88. The number of nitrogens with zero attached hydrogens (tertiary/aromatic N) is 1. The zero-order chi connectivity index (χ0) is 16.8. The second kappa shape index (κ2) is 14.0. The van der Waals surface area contributed by atoms with Crippen molar-refractivity contribution in [3.63, 3.8) is 0 Å². The Labute approximate surface area is 138 Å². The van der Waals surface area contributed by atoms with Crippen molar-refractivity contribution in [2.24, 2.45) is 5.92 Å². The molecule has 134 valence electrons. The van der Waals surface area contributed by atoms with Crippen molar-refractivity contribution in [1.29, 1.82) is 0 Å². The lowest BCUT2D eigenvalue weighted by molar-refractivity contribution is -0.120. The molecule has 0 radical (unpaired) electrons. The first kappa shape index (κ1) is 21.4. The first-order valence-electron chi connectivity index (χ1n) is 8.74. The predicted octanol–water partition coefficient (Wildman–Crippen LogP) is 2.55. The summed E-state index contributed by atoms with van der Waals surface area (Å²) in [5.74, 6) is 0.756. The third kappa shape index (κ3) is 12.0. The van der Waals surface area contributed by atoms with Crippen molar-refractivity contribution in [1.82, 2.24) is 10.2 Å². The summed E-state index contributed by atoms with van der Waals surface area (Å²) in [4.78, 5) is 13.2. The molecule has 1 amide bonds. The molecule has 1 atom stereocenters. The third-order valence-electron chi connectivity index (χ3n) is 3.42. The highest BCUT2D eigenvalue weighted by molar-refractivity contribution is 5.72. The molecule has 1 fully saturated rings. The van der Waals surface area contributed by atoms with Gasteiger partial charge in [0.25, 0.3) is 0 Å². The standard InChI is InChI=1S/C15H30N2O3.C2H6.H2/c1-13(2)5-4-8-19-9-6-17-7-10-20-15(12-17)11-16-14(3)18;1-2;/h13,15H,4-12H2,1-3H3,(H,16,18);1-2H3;1H/t15-;;/m1../s1. The summed E-state index contributed by atoms with van der Waals surface area (Å²) in [6, 6.07) is 0. The highest BCUT2D eigenvalue weighted by Crippen LogP contribution is 2.05. The minimum Gasteiger partial charge on any atom is -0.380 e. The van der Waals surface area contributed by atoms with Gasteiger partial charge in [-0.2, -0.15) is 0 Å². The Kier molecular flexibility index (Phi) is 13.6. The number of hydrogen-bond donors (Lipinski definition) is 1. The molecular formula is C17H38N2O3. The van der Waals surface area contributed by atoms with E-state index in [-0.39, 0.29) is 13.4 Å². The van der Waals surface area contributed by atoms with E-state index in [1.807, 2.05) is 13.8 Å². The molecule has 1 heterocycles. The molecular weight excluding hydrogens is 280 g/mol. The molecule has 5 nitrogen and oxygen atoms in total. The maximum absolute atomic E-state index is 10.9. The van der Waals surface area contributed by atoms with Crippen LogP contribution in [0.3, 0.4) is 0 Å². The molecule has 1 N–H and O–H groups in total.